The maximum atomic E-state index is 12.7. The van der Waals surface area contributed by atoms with E-state index in [9.17, 15) is 4.79 Å². The molecule has 1 N–H and O–H groups in total. The van der Waals surface area contributed by atoms with Crippen LogP contribution in [0.2, 0.25) is 0 Å². The third kappa shape index (κ3) is 4.88. The SMILES string of the molecule is CCn1c(S[C@H](C)C(=O)Nc2ccc(C(C)C)cc2)nnc1-c1ccccc1C. The Balaban J connectivity index is 1.72. The van der Waals surface area contributed by atoms with Crippen LogP contribution in [0.1, 0.15) is 44.7 Å². The van der Waals surface area contributed by atoms with E-state index in [0.29, 0.717) is 5.92 Å². The van der Waals surface area contributed by atoms with Crippen molar-refractivity contribution >= 4 is 23.4 Å². The first kappa shape index (κ1) is 21.1. The fourth-order valence-corrected chi connectivity index (χ4v) is 4.00. The summed E-state index contributed by atoms with van der Waals surface area (Å²) in [6, 6.07) is 16.2. The summed E-state index contributed by atoms with van der Waals surface area (Å²) < 4.78 is 2.06. The number of aromatic nitrogens is 3. The zero-order valence-electron chi connectivity index (χ0n) is 17.6. The van der Waals surface area contributed by atoms with Gasteiger partial charge in [0, 0.05) is 17.8 Å². The number of amides is 1. The van der Waals surface area contributed by atoms with Crippen molar-refractivity contribution in [3.63, 3.8) is 0 Å². The van der Waals surface area contributed by atoms with Crippen LogP contribution in [0.5, 0.6) is 0 Å². The minimum absolute atomic E-state index is 0.0459. The van der Waals surface area contributed by atoms with Gasteiger partial charge in [-0.05, 0) is 49.9 Å². The summed E-state index contributed by atoms with van der Waals surface area (Å²) in [6.45, 7) is 11.1. The molecule has 0 aliphatic rings. The summed E-state index contributed by atoms with van der Waals surface area (Å²) in [5.41, 5.74) is 4.28. The molecule has 1 aromatic heterocycles. The number of carbonyl (C=O) groups excluding carboxylic acids is 1. The van der Waals surface area contributed by atoms with Crippen LogP contribution in [0, 0.1) is 6.92 Å². The van der Waals surface area contributed by atoms with E-state index in [-0.39, 0.29) is 11.2 Å². The van der Waals surface area contributed by atoms with E-state index in [4.69, 9.17) is 0 Å². The summed E-state index contributed by atoms with van der Waals surface area (Å²) in [6.07, 6.45) is 0. The molecule has 5 nitrogen and oxygen atoms in total. The summed E-state index contributed by atoms with van der Waals surface area (Å²) >= 11 is 1.43. The van der Waals surface area contributed by atoms with Gasteiger partial charge in [0.1, 0.15) is 0 Å². The first-order valence-corrected chi connectivity index (χ1v) is 10.8. The summed E-state index contributed by atoms with van der Waals surface area (Å²) in [5, 5.41) is 12.2. The van der Waals surface area contributed by atoms with E-state index in [1.165, 1.54) is 17.3 Å². The summed E-state index contributed by atoms with van der Waals surface area (Å²) in [5.74, 6) is 1.26. The Morgan fingerprint density at radius 2 is 1.76 bits per heavy atom. The second-order valence-electron chi connectivity index (χ2n) is 7.39. The number of anilines is 1. The van der Waals surface area contributed by atoms with Crippen molar-refractivity contribution in [3.05, 3.63) is 59.7 Å². The van der Waals surface area contributed by atoms with Gasteiger partial charge in [-0.3, -0.25) is 4.79 Å². The van der Waals surface area contributed by atoms with Crippen LogP contribution in [0.25, 0.3) is 11.4 Å². The molecule has 0 unspecified atom stereocenters. The molecular weight excluding hydrogens is 380 g/mol. The highest BCUT2D eigenvalue weighted by Crippen LogP contribution is 2.29. The van der Waals surface area contributed by atoms with Crippen LogP contribution in [0.3, 0.4) is 0 Å². The third-order valence-corrected chi connectivity index (χ3v) is 6.00. The molecule has 6 heteroatoms. The van der Waals surface area contributed by atoms with Crippen molar-refractivity contribution < 1.29 is 4.79 Å². The van der Waals surface area contributed by atoms with E-state index in [1.807, 2.05) is 31.2 Å². The molecule has 1 amide bonds. The molecule has 0 aliphatic heterocycles. The van der Waals surface area contributed by atoms with Gasteiger partial charge in [0.25, 0.3) is 0 Å². The number of nitrogens with one attached hydrogen (secondary N) is 1. The van der Waals surface area contributed by atoms with Crippen LogP contribution in [0.4, 0.5) is 5.69 Å². The van der Waals surface area contributed by atoms with Crippen molar-refractivity contribution in [1.29, 1.82) is 0 Å². The van der Waals surface area contributed by atoms with E-state index in [2.05, 4.69) is 72.0 Å². The van der Waals surface area contributed by atoms with Crippen molar-refractivity contribution in [2.24, 2.45) is 0 Å². The molecule has 152 valence electrons. The molecule has 0 fully saturated rings. The lowest BCUT2D eigenvalue weighted by atomic mass is 10.0. The number of thioether (sulfide) groups is 1. The van der Waals surface area contributed by atoms with Gasteiger partial charge < -0.3 is 9.88 Å². The van der Waals surface area contributed by atoms with Gasteiger partial charge in [0.15, 0.2) is 11.0 Å². The Bertz CT molecular complexity index is 979. The molecule has 2 aromatic carbocycles. The second-order valence-corrected chi connectivity index (χ2v) is 8.70. The van der Waals surface area contributed by atoms with E-state index in [1.54, 1.807) is 0 Å². The van der Waals surface area contributed by atoms with Crippen molar-refractivity contribution in [2.45, 2.75) is 57.5 Å². The number of carbonyl (C=O) groups is 1. The predicted molar refractivity (Wildman–Crippen MR) is 120 cm³/mol. The zero-order chi connectivity index (χ0) is 21.0. The molecule has 1 atom stereocenters. The molecule has 0 saturated carbocycles. The van der Waals surface area contributed by atoms with Crippen LogP contribution in [0.15, 0.2) is 53.7 Å². The zero-order valence-corrected chi connectivity index (χ0v) is 18.5. The van der Waals surface area contributed by atoms with Crippen LogP contribution in [-0.4, -0.2) is 25.9 Å². The largest absolute Gasteiger partial charge is 0.325 e. The summed E-state index contributed by atoms with van der Waals surface area (Å²) in [7, 11) is 0. The normalized spacial score (nSPS) is 12.2. The van der Waals surface area contributed by atoms with Gasteiger partial charge in [-0.15, -0.1) is 10.2 Å². The molecule has 0 spiro atoms. The van der Waals surface area contributed by atoms with E-state index in [0.717, 1.165) is 34.3 Å². The molecule has 0 bridgehead atoms. The second kappa shape index (κ2) is 9.27. The van der Waals surface area contributed by atoms with Crippen molar-refractivity contribution in [3.8, 4) is 11.4 Å². The first-order chi connectivity index (χ1) is 13.9. The number of rotatable bonds is 7. The quantitative estimate of drug-likeness (QED) is 0.523. The van der Waals surface area contributed by atoms with Gasteiger partial charge >= 0.3 is 0 Å². The molecular formula is C23H28N4OS. The number of hydrogen-bond donors (Lipinski definition) is 1. The molecule has 0 aliphatic carbocycles. The van der Waals surface area contributed by atoms with Crippen LogP contribution < -0.4 is 5.32 Å². The minimum atomic E-state index is -0.293. The lowest BCUT2D eigenvalue weighted by molar-refractivity contribution is -0.115. The van der Waals surface area contributed by atoms with E-state index >= 15 is 0 Å². The molecule has 29 heavy (non-hydrogen) atoms. The van der Waals surface area contributed by atoms with Gasteiger partial charge in [-0.1, -0.05) is 62.0 Å². The van der Waals surface area contributed by atoms with Gasteiger partial charge in [0.05, 0.1) is 5.25 Å². The third-order valence-electron chi connectivity index (χ3n) is 4.92. The van der Waals surface area contributed by atoms with Crippen molar-refractivity contribution in [2.75, 3.05) is 5.32 Å². The smallest absolute Gasteiger partial charge is 0.237 e. The highest BCUT2D eigenvalue weighted by Gasteiger charge is 2.21. The summed E-state index contributed by atoms with van der Waals surface area (Å²) in [4.78, 5) is 12.7. The van der Waals surface area contributed by atoms with Crippen molar-refractivity contribution in [1.82, 2.24) is 14.8 Å². The molecule has 3 aromatic rings. The average Bonchev–Trinajstić information content (AvgIpc) is 3.10. The lowest BCUT2D eigenvalue weighted by Gasteiger charge is -2.14. The van der Waals surface area contributed by atoms with Crippen LogP contribution >= 0.6 is 11.8 Å². The fourth-order valence-electron chi connectivity index (χ4n) is 3.09. The van der Waals surface area contributed by atoms with Gasteiger partial charge in [-0.2, -0.15) is 0 Å². The Morgan fingerprint density at radius 1 is 1.07 bits per heavy atom. The predicted octanol–water partition coefficient (Wildman–Crippen LogP) is 5.52. The highest BCUT2D eigenvalue weighted by molar-refractivity contribution is 8.00. The standard InChI is InChI=1S/C23H28N4OS/c1-6-27-21(20-10-8-7-9-16(20)4)25-26-23(27)29-17(5)22(28)24-19-13-11-18(12-14-19)15(2)3/h7-15,17H,6H2,1-5H3,(H,24,28)/t17-/m1/s1. The molecule has 0 radical (unpaired) electrons. The Kier molecular flexibility index (Phi) is 6.75. The van der Waals surface area contributed by atoms with Gasteiger partial charge in [-0.25, -0.2) is 0 Å². The number of nitrogens with zero attached hydrogens (tertiary/aromatic N) is 3. The van der Waals surface area contributed by atoms with Crippen LogP contribution in [-0.2, 0) is 11.3 Å². The Hall–Kier alpha value is -2.60. The maximum Gasteiger partial charge on any atom is 0.237 e. The maximum absolute atomic E-state index is 12.7. The number of hydrogen-bond acceptors (Lipinski definition) is 4. The first-order valence-electron chi connectivity index (χ1n) is 9.97. The number of benzene rings is 2. The average molecular weight is 409 g/mol. The minimum Gasteiger partial charge on any atom is -0.325 e. The highest BCUT2D eigenvalue weighted by atomic mass is 32.2. The molecule has 3 rings (SSSR count). The Morgan fingerprint density at radius 3 is 2.38 bits per heavy atom. The number of aryl methyl sites for hydroxylation is 1. The monoisotopic (exact) mass is 408 g/mol. The lowest BCUT2D eigenvalue weighted by Crippen LogP contribution is -2.23. The fraction of sp³-hybridized carbons (Fsp3) is 0.348. The molecule has 0 saturated heterocycles. The van der Waals surface area contributed by atoms with Gasteiger partial charge in [0.2, 0.25) is 5.91 Å². The Labute approximate surface area is 176 Å². The molecule has 1 heterocycles. The topological polar surface area (TPSA) is 59.8 Å². The van der Waals surface area contributed by atoms with E-state index < -0.39 is 0 Å².